The molecule has 1 fully saturated rings. The summed E-state index contributed by atoms with van der Waals surface area (Å²) in [4.78, 5) is 28.9. The Bertz CT molecular complexity index is 598. The Kier molecular flexibility index (Phi) is 9.01. The van der Waals surface area contributed by atoms with E-state index < -0.39 is 0 Å². The fraction of sp³-hybridized carbons (Fsp3) is 0.524. The molecule has 0 spiro atoms. The number of amides is 2. The van der Waals surface area contributed by atoms with Crippen LogP contribution in [0.15, 0.2) is 43.0 Å². The minimum atomic E-state index is 0.0392. The molecule has 6 heteroatoms. The highest BCUT2D eigenvalue weighted by molar-refractivity contribution is 5.95. The molecule has 0 aromatic heterocycles. The molecule has 6 nitrogen and oxygen atoms in total. The second-order valence-corrected chi connectivity index (χ2v) is 6.82. The van der Waals surface area contributed by atoms with Crippen LogP contribution in [-0.2, 0) is 14.3 Å². The minimum absolute atomic E-state index is 0.0392. The van der Waals surface area contributed by atoms with E-state index >= 15 is 0 Å². The third kappa shape index (κ3) is 6.81. The number of piperidine rings is 1. The molecule has 1 aromatic carbocycles. The van der Waals surface area contributed by atoms with Gasteiger partial charge in [0.2, 0.25) is 11.8 Å². The first-order valence-corrected chi connectivity index (χ1v) is 9.61. The molecule has 0 unspecified atom stereocenters. The smallest absolute Gasteiger partial charge is 0.241 e. The predicted molar refractivity (Wildman–Crippen MR) is 108 cm³/mol. The summed E-state index contributed by atoms with van der Waals surface area (Å²) in [6, 6.07) is 9.65. The van der Waals surface area contributed by atoms with Crippen LogP contribution in [0.25, 0.3) is 0 Å². The van der Waals surface area contributed by atoms with E-state index in [-0.39, 0.29) is 17.7 Å². The summed E-state index contributed by atoms with van der Waals surface area (Å²) < 4.78 is 4.99. The lowest BCUT2D eigenvalue weighted by Gasteiger charge is -2.32. The van der Waals surface area contributed by atoms with Gasteiger partial charge in [0.15, 0.2) is 0 Å². The molecule has 2 rings (SSSR count). The van der Waals surface area contributed by atoms with Crippen molar-refractivity contribution in [2.45, 2.75) is 19.3 Å². The highest BCUT2D eigenvalue weighted by Gasteiger charge is 2.26. The normalized spacial score (nSPS) is 15.3. The van der Waals surface area contributed by atoms with Gasteiger partial charge in [-0.3, -0.25) is 14.5 Å². The summed E-state index contributed by atoms with van der Waals surface area (Å²) in [5, 5.41) is 2.98. The number of carbonyl (C=O) groups excluding carboxylic acids is 2. The van der Waals surface area contributed by atoms with Crippen LogP contribution in [0.3, 0.4) is 0 Å². The summed E-state index contributed by atoms with van der Waals surface area (Å²) in [5.41, 5.74) is 0.882. The molecule has 1 aromatic rings. The number of hydrogen-bond donors (Lipinski definition) is 1. The number of ether oxygens (including phenoxy) is 1. The Hall–Kier alpha value is -2.18. The van der Waals surface area contributed by atoms with Crippen LogP contribution < -0.4 is 10.2 Å². The molecular weight excluding hydrogens is 342 g/mol. The van der Waals surface area contributed by atoms with Crippen LogP contribution in [-0.4, -0.2) is 63.2 Å². The van der Waals surface area contributed by atoms with Crippen molar-refractivity contribution in [2.75, 3.05) is 51.3 Å². The van der Waals surface area contributed by atoms with Gasteiger partial charge in [-0.1, -0.05) is 24.3 Å². The summed E-state index contributed by atoms with van der Waals surface area (Å²) in [5.74, 6) is 0.218. The maximum Gasteiger partial charge on any atom is 0.241 e. The van der Waals surface area contributed by atoms with E-state index in [9.17, 15) is 9.59 Å². The molecule has 1 aliphatic rings. The monoisotopic (exact) mass is 373 g/mol. The van der Waals surface area contributed by atoms with Crippen molar-refractivity contribution >= 4 is 17.5 Å². The maximum atomic E-state index is 12.8. The SMILES string of the molecule is C=CCN(C(=O)CN1CCC(C(=O)NCCCOC)CC1)c1ccccc1. The Morgan fingerprint density at radius 3 is 2.63 bits per heavy atom. The average Bonchev–Trinajstić information content (AvgIpc) is 2.70. The third-order valence-electron chi connectivity index (χ3n) is 4.82. The van der Waals surface area contributed by atoms with Crippen LogP contribution >= 0.6 is 0 Å². The predicted octanol–water partition coefficient (Wildman–Crippen LogP) is 2.07. The number of anilines is 1. The minimum Gasteiger partial charge on any atom is -0.385 e. The van der Waals surface area contributed by atoms with Gasteiger partial charge in [0.25, 0.3) is 0 Å². The maximum absolute atomic E-state index is 12.8. The van der Waals surface area contributed by atoms with E-state index in [0.29, 0.717) is 26.2 Å². The number of benzene rings is 1. The third-order valence-corrected chi connectivity index (χ3v) is 4.82. The lowest BCUT2D eigenvalue weighted by Crippen LogP contribution is -2.46. The molecule has 1 heterocycles. The number of nitrogens with one attached hydrogen (secondary N) is 1. The number of hydrogen-bond acceptors (Lipinski definition) is 4. The summed E-state index contributed by atoms with van der Waals surface area (Å²) in [7, 11) is 1.66. The molecule has 1 saturated heterocycles. The number of para-hydroxylation sites is 1. The van der Waals surface area contributed by atoms with E-state index in [4.69, 9.17) is 4.74 Å². The molecule has 0 atom stereocenters. The average molecular weight is 373 g/mol. The fourth-order valence-corrected chi connectivity index (χ4v) is 3.29. The summed E-state index contributed by atoms with van der Waals surface area (Å²) in [6.07, 6.45) is 4.14. The summed E-state index contributed by atoms with van der Waals surface area (Å²) >= 11 is 0. The van der Waals surface area contributed by atoms with E-state index in [1.54, 1.807) is 18.1 Å². The van der Waals surface area contributed by atoms with E-state index in [2.05, 4.69) is 16.8 Å². The van der Waals surface area contributed by atoms with Crippen LogP contribution in [0.5, 0.6) is 0 Å². The van der Waals surface area contributed by atoms with Crippen LogP contribution in [0.4, 0.5) is 5.69 Å². The van der Waals surface area contributed by atoms with Gasteiger partial charge in [-0.15, -0.1) is 6.58 Å². The zero-order valence-corrected chi connectivity index (χ0v) is 16.2. The molecular formula is C21H31N3O3. The van der Waals surface area contributed by atoms with E-state index in [0.717, 1.165) is 38.0 Å². The van der Waals surface area contributed by atoms with Crippen molar-refractivity contribution in [3.63, 3.8) is 0 Å². The van der Waals surface area contributed by atoms with E-state index in [1.165, 1.54) is 0 Å². The van der Waals surface area contributed by atoms with Crippen molar-refractivity contribution in [3.8, 4) is 0 Å². The number of methoxy groups -OCH3 is 1. The van der Waals surface area contributed by atoms with Gasteiger partial charge in [0.05, 0.1) is 6.54 Å². The van der Waals surface area contributed by atoms with Gasteiger partial charge < -0.3 is 15.0 Å². The zero-order chi connectivity index (χ0) is 19.5. The summed E-state index contributed by atoms with van der Waals surface area (Å²) in [6.45, 7) is 7.45. The largest absolute Gasteiger partial charge is 0.385 e. The molecule has 0 aliphatic carbocycles. The van der Waals surface area contributed by atoms with Crippen molar-refractivity contribution in [2.24, 2.45) is 5.92 Å². The molecule has 0 radical (unpaired) electrons. The van der Waals surface area contributed by atoms with Crippen LogP contribution in [0.2, 0.25) is 0 Å². The van der Waals surface area contributed by atoms with E-state index in [1.807, 2.05) is 30.3 Å². The number of rotatable bonds is 10. The second kappa shape index (κ2) is 11.5. The second-order valence-electron chi connectivity index (χ2n) is 6.82. The topological polar surface area (TPSA) is 61.9 Å². The standard InChI is InChI=1S/C21H31N3O3/c1-3-13-24(19-8-5-4-6-9-19)20(25)17-23-14-10-18(11-15-23)21(26)22-12-7-16-27-2/h3-6,8-9,18H,1,7,10-17H2,2H3,(H,22,26). The van der Waals surface area contributed by atoms with Crippen molar-refractivity contribution in [3.05, 3.63) is 43.0 Å². The first-order valence-electron chi connectivity index (χ1n) is 9.61. The van der Waals surface area contributed by atoms with Gasteiger partial charge in [-0.05, 0) is 44.5 Å². The fourth-order valence-electron chi connectivity index (χ4n) is 3.29. The zero-order valence-electron chi connectivity index (χ0n) is 16.2. The quantitative estimate of drug-likeness (QED) is 0.504. The lowest BCUT2D eigenvalue weighted by molar-refractivity contribution is -0.126. The molecule has 0 bridgehead atoms. The highest BCUT2D eigenvalue weighted by atomic mass is 16.5. The molecule has 2 amide bonds. The van der Waals surface area contributed by atoms with Gasteiger partial charge in [0.1, 0.15) is 0 Å². The van der Waals surface area contributed by atoms with Crippen LogP contribution in [0.1, 0.15) is 19.3 Å². The number of carbonyl (C=O) groups is 2. The molecule has 0 saturated carbocycles. The molecule has 148 valence electrons. The first-order chi connectivity index (χ1) is 13.2. The van der Waals surface area contributed by atoms with Crippen LogP contribution in [0, 0.1) is 5.92 Å². The lowest BCUT2D eigenvalue weighted by atomic mass is 9.96. The Balaban J connectivity index is 1.79. The first kappa shape index (κ1) is 21.1. The number of likely N-dealkylation sites (tertiary alicyclic amines) is 1. The molecule has 27 heavy (non-hydrogen) atoms. The van der Waals surface area contributed by atoms with Gasteiger partial charge in [0, 0.05) is 38.4 Å². The Labute approximate surface area is 162 Å². The van der Waals surface area contributed by atoms with Crippen molar-refractivity contribution in [1.82, 2.24) is 10.2 Å². The Morgan fingerprint density at radius 1 is 1.30 bits per heavy atom. The van der Waals surface area contributed by atoms with Gasteiger partial charge in [-0.25, -0.2) is 0 Å². The van der Waals surface area contributed by atoms with Gasteiger partial charge >= 0.3 is 0 Å². The highest BCUT2D eigenvalue weighted by Crippen LogP contribution is 2.19. The molecule has 1 N–H and O–H groups in total. The molecule has 1 aliphatic heterocycles. The number of nitrogens with zero attached hydrogens (tertiary/aromatic N) is 2. The Morgan fingerprint density at radius 2 is 2.00 bits per heavy atom. The van der Waals surface area contributed by atoms with Gasteiger partial charge in [-0.2, -0.15) is 0 Å². The van der Waals surface area contributed by atoms with Crippen molar-refractivity contribution in [1.29, 1.82) is 0 Å². The van der Waals surface area contributed by atoms with Crippen molar-refractivity contribution < 1.29 is 14.3 Å².